The van der Waals surface area contributed by atoms with E-state index >= 15 is 0 Å². The summed E-state index contributed by atoms with van der Waals surface area (Å²) in [5.74, 6) is 0. The molecule has 0 amide bonds. The molecule has 0 rings (SSSR count). The van der Waals surface area contributed by atoms with Crippen molar-refractivity contribution in [2.75, 3.05) is 0 Å². The van der Waals surface area contributed by atoms with Crippen LogP contribution >= 0.6 is 0 Å². The van der Waals surface area contributed by atoms with E-state index in [2.05, 4.69) is 0 Å². The lowest BCUT2D eigenvalue weighted by atomic mass is 10.1. The summed E-state index contributed by atoms with van der Waals surface area (Å²) >= 11 is 0. The molecule has 0 aromatic rings. The highest BCUT2D eigenvalue weighted by Gasteiger charge is 2.29. The highest BCUT2D eigenvalue weighted by atomic mass is 16.6. The van der Waals surface area contributed by atoms with Gasteiger partial charge in [0, 0.05) is 18.8 Å². The van der Waals surface area contributed by atoms with Crippen molar-refractivity contribution in [1.82, 2.24) is 0 Å². The molecule has 0 unspecified atom stereocenters. The van der Waals surface area contributed by atoms with Crippen LogP contribution in [-0.4, -0.2) is 16.7 Å². The second-order valence-corrected chi connectivity index (χ2v) is 2.03. The third kappa shape index (κ3) is 1.29. The maximum Gasteiger partial charge on any atom is 0.270 e. The molecule has 0 spiro atoms. The molecule has 8 heavy (non-hydrogen) atoms. The summed E-state index contributed by atoms with van der Waals surface area (Å²) in [4.78, 5) is 19.0. The molecule has 0 bridgehead atoms. The van der Waals surface area contributed by atoms with E-state index in [1.165, 1.54) is 13.8 Å². The quantitative estimate of drug-likeness (QED) is 0.295. The minimum Gasteiger partial charge on any atom is -0.295 e. The van der Waals surface area contributed by atoms with E-state index < -0.39 is 10.5 Å². The number of carbonyl (C=O) groups is 1. The van der Waals surface area contributed by atoms with Gasteiger partial charge in [-0.25, -0.2) is 0 Å². The van der Waals surface area contributed by atoms with E-state index in [4.69, 9.17) is 0 Å². The van der Waals surface area contributed by atoms with E-state index in [1.807, 2.05) is 0 Å². The van der Waals surface area contributed by atoms with Crippen LogP contribution in [0.25, 0.3) is 0 Å². The summed E-state index contributed by atoms with van der Waals surface area (Å²) in [5.41, 5.74) is -1.42. The molecule has 0 atom stereocenters. The number of rotatable bonds is 2. The Hall–Kier alpha value is -0.930. The van der Waals surface area contributed by atoms with Gasteiger partial charge in [0.2, 0.25) is 0 Å². The number of hydrogen-bond donors (Lipinski definition) is 0. The van der Waals surface area contributed by atoms with Gasteiger partial charge in [-0.05, 0) is 0 Å². The first kappa shape index (κ1) is 7.07. The van der Waals surface area contributed by atoms with Crippen LogP contribution < -0.4 is 0 Å². The molecule has 0 saturated carbocycles. The Morgan fingerprint density at radius 2 is 2.00 bits per heavy atom. The van der Waals surface area contributed by atoms with Crippen molar-refractivity contribution >= 4 is 6.29 Å². The van der Waals surface area contributed by atoms with Crippen LogP contribution in [0.15, 0.2) is 0 Å². The molecule has 0 aromatic carbocycles. The Labute approximate surface area is 46.6 Å². The first-order valence-corrected chi connectivity index (χ1v) is 2.11. The van der Waals surface area contributed by atoms with Crippen molar-refractivity contribution in [3.63, 3.8) is 0 Å². The monoisotopic (exact) mass is 117 g/mol. The maximum atomic E-state index is 9.83. The highest BCUT2D eigenvalue weighted by molar-refractivity contribution is 5.60. The molecule has 4 nitrogen and oxygen atoms in total. The smallest absolute Gasteiger partial charge is 0.270 e. The van der Waals surface area contributed by atoms with E-state index in [-0.39, 0.29) is 0 Å². The average molecular weight is 117 g/mol. The van der Waals surface area contributed by atoms with Gasteiger partial charge in [0.15, 0.2) is 6.29 Å². The molecule has 4 heteroatoms. The zero-order chi connectivity index (χ0) is 6.78. The topological polar surface area (TPSA) is 60.2 Å². The van der Waals surface area contributed by atoms with Gasteiger partial charge in [-0.15, -0.1) is 0 Å². The standard InChI is InChI=1S/C4H7NO3/c1-4(2,3-6)5(7)8/h3H,1-2H3. The van der Waals surface area contributed by atoms with Crippen molar-refractivity contribution in [1.29, 1.82) is 0 Å². The SMILES string of the molecule is CC(C)(C=O)[N+](=O)[O-]. The van der Waals surface area contributed by atoms with Crippen LogP contribution in [-0.2, 0) is 4.79 Å². The Bertz CT molecular complexity index is 118. The van der Waals surface area contributed by atoms with Crippen LogP contribution in [0.5, 0.6) is 0 Å². The van der Waals surface area contributed by atoms with Gasteiger partial charge in [-0.2, -0.15) is 0 Å². The van der Waals surface area contributed by atoms with Gasteiger partial charge < -0.3 is 0 Å². The first-order chi connectivity index (χ1) is 3.50. The first-order valence-electron chi connectivity index (χ1n) is 2.11. The predicted molar refractivity (Wildman–Crippen MR) is 27.1 cm³/mol. The summed E-state index contributed by atoms with van der Waals surface area (Å²) in [6.07, 6.45) is 0.312. The minimum absolute atomic E-state index is 0.312. The number of carbonyl (C=O) groups excluding carboxylic acids is 1. The van der Waals surface area contributed by atoms with Crippen molar-refractivity contribution in [2.45, 2.75) is 19.4 Å². The molecule has 0 aromatic heterocycles. The van der Waals surface area contributed by atoms with Gasteiger partial charge in [0.25, 0.3) is 5.54 Å². The lowest BCUT2D eigenvalue weighted by molar-refractivity contribution is -0.540. The van der Waals surface area contributed by atoms with Gasteiger partial charge in [-0.1, -0.05) is 0 Å². The van der Waals surface area contributed by atoms with Crippen molar-refractivity contribution in [3.8, 4) is 0 Å². The van der Waals surface area contributed by atoms with Crippen molar-refractivity contribution < 1.29 is 9.72 Å². The normalized spacial score (nSPS) is 10.8. The third-order valence-electron chi connectivity index (χ3n) is 0.759. The van der Waals surface area contributed by atoms with Crippen molar-refractivity contribution in [2.24, 2.45) is 0 Å². The molecule has 0 heterocycles. The van der Waals surface area contributed by atoms with Crippen LogP contribution in [0.2, 0.25) is 0 Å². The Morgan fingerprint density at radius 3 is 2.00 bits per heavy atom. The Balaban J connectivity index is 4.12. The van der Waals surface area contributed by atoms with E-state index in [1.54, 1.807) is 0 Å². The van der Waals surface area contributed by atoms with Crippen LogP contribution in [0, 0.1) is 10.1 Å². The van der Waals surface area contributed by atoms with Crippen LogP contribution in [0.3, 0.4) is 0 Å². The van der Waals surface area contributed by atoms with E-state index in [0.717, 1.165) is 0 Å². The highest BCUT2D eigenvalue weighted by Crippen LogP contribution is 2.00. The second-order valence-electron chi connectivity index (χ2n) is 2.03. The third-order valence-corrected chi connectivity index (χ3v) is 0.759. The number of nitro groups is 1. The fourth-order valence-corrected chi connectivity index (χ4v) is 0.0430. The Kier molecular flexibility index (Phi) is 1.68. The summed E-state index contributed by atoms with van der Waals surface area (Å²) in [7, 11) is 0. The fourth-order valence-electron chi connectivity index (χ4n) is 0.0430. The molecule has 0 aliphatic heterocycles. The lowest BCUT2D eigenvalue weighted by Crippen LogP contribution is -2.32. The summed E-state index contributed by atoms with van der Waals surface area (Å²) < 4.78 is 0. The largest absolute Gasteiger partial charge is 0.295 e. The molecule has 0 aliphatic rings. The predicted octanol–water partition coefficient (Wildman–Crippen LogP) is 0.241. The number of hydrogen-bond acceptors (Lipinski definition) is 3. The van der Waals surface area contributed by atoms with Gasteiger partial charge in [0.05, 0.1) is 0 Å². The van der Waals surface area contributed by atoms with Gasteiger partial charge in [-0.3, -0.25) is 14.9 Å². The average Bonchev–Trinajstić information content (AvgIpc) is 1.67. The molecule has 0 N–H and O–H groups in total. The number of aldehydes is 1. The van der Waals surface area contributed by atoms with E-state index in [9.17, 15) is 14.9 Å². The van der Waals surface area contributed by atoms with Crippen LogP contribution in [0.4, 0.5) is 0 Å². The van der Waals surface area contributed by atoms with Gasteiger partial charge in [0.1, 0.15) is 0 Å². The van der Waals surface area contributed by atoms with Crippen molar-refractivity contribution in [3.05, 3.63) is 10.1 Å². The molecule has 0 saturated heterocycles. The second kappa shape index (κ2) is 1.90. The lowest BCUT2D eigenvalue weighted by Gasteiger charge is -2.04. The molecule has 46 valence electrons. The molecule has 0 fully saturated rings. The van der Waals surface area contributed by atoms with E-state index in [0.29, 0.717) is 6.29 Å². The summed E-state index contributed by atoms with van der Waals surface area (Å²) in [5, 5.41) is 9.83. The zero-order valence-electron chi connectivity index (χ0n) is 4.75. The van der Waals surface area contributed by atoms with Gasteiger partial charge >= 0.3 is 0 Å². The minimum atomic E-state index is -1.42. The molecule has 0 aliphatic carbocycles. The summed E-state index contributed by atoms with van der Waals surface area (Å²) in [6, 6.07) is 0. The maximum absolute atomic E-state index is 9.83. The zero-order valence-corrected chi connectivity index (χ0v) is 4.75. The molecule has 0 radical (unpaired) electrons. The molecular formula is C4H7NO3. The summed E-state index contributed by atoms with van der Waals surface area (Å²) in [6.45, 7) is 2.50. The Morgan fingerprint density at radius 1 is 1.62 bits per heavy atom. The van der Waals surface area contributed by atoms with Crippen LogP contribution in [0.1, 0.15) is 13.8 Å². The fraction of sp³-hybridized carbons (Fsp3) is 0.750. The molecular weight excluding hydrogens is 110 g/mol. The number of nitrogens with zero attached hydrogens (tertiary/aromatic N) is 1.